The van der Waals surface area contributed by atoms with Crippen molar-refractivity contribution in [2.45, 2.75) is 31.5 Å². The van der Waals surface area contributed by atoms with E-state index >= 15 is 0 Å². The van der Waals surface area contributed by atoms with Gasteiger partial charge in [0.05, 0.1) is 39.6 Å². The van der Waals surface area contributed by atoms with Gasteiger partial charge in [-0.3, -0.25) is 9.69 Å². The van der Waals surface area contributed by atoms with Crippen molar-refractivity contribution in [2.24, 2.45) is 7.05 Å². The molecule has 1 aromatic heterocycles. The predicted molar refractivity (Wildman–Crippen MR) is 124 cm³/mol. The summed E-state index contributed by atoms with van der Waals surface area (Å²) in [6.07, 6.45) is -2.20. The molecule has 2 aliphatic rings. The Hall–Kier alpha value is -3.60. The molecular weight excluding hydrogens is 483 g/mol. The molecular formula is C24H20F3N3O4S. The molecule has 2 amide bonds. The Morgan fingerprint density at radius 2 is 1.94 bits per heavy atom. The number of thiazole rings is 1. The summed E-state index contributed by atoms with van der Waals surface area (Å²) in [5, 5.41) is 9.74. The summed E-state index contributed by atoms with van der Waals surface area (Å²) in [5.41, 5.74) is 0.797. The minimum atomic E-state index is -4.52. The van der Waals surface area contributed by atoms with Gasteiger partial charge in [0.1, 0.15) is 0 Å². The molecule has 5 rings (SSSR count). The maximum absolute atomic E-state index is 13.6. The van der Waals surface area contributed by atoms with E-state index in [0.717, 1.165) is 17.4 Å². The molecule has 1 aliphatic carbocycles. The molecule has 0 fully saturated rings. The first-order valence-electron chi connectivity index (χ1n) is 10.9. The van der Waals surface area contributed by atoms with Crippen molar-refractivity contribution in [2.75, 3.05) is 11.4 Å². The number of urea groups is 1. The zero-order valence-corrected chi connectivity index (χ0v) is 19.3. The maximum atomic E-state index is 13.6. The van der Waals surface area contributed by atoms with Crippen molar-refractivity contribution in [3.05, 3.63) is 74.5 Å². The van der Waals surface area contributed by atoms with Crippen LogP contribution in [0.3, 0.4) is 0 Å². The Bertz CT molecular complexity index is 1460. The zero-order chi connectivity index (χ0) is 25.1. The number of carboxylic acids is 1. The molecule has 0 radical (unpaired) electrons. The van der Waals surface area contributed by atoms with E-state index in [9.17, 15) is 32.7 Å². The van der Waals surface area contributed by atoms with Gasteiger partial charge in [0.15, 0.2) is 0 Å². The number of aryl methyl sites for hydroxylation is 1. The van der Waals surface area contributed by atoms with Crippen LogP contribution in [0, 0.1) is 0 Å². The molecule has 1 N–H and O–H groups in total. The molecule has 0 saturated carbocycles. The summed E-state index contributed by atoms with van der Waals surface area (Å²) < 4.78 is 43.0. The van der Waals surface area contributed by atoms with E-state index in [1.807, 2.05) is 0 Å². The van der Waals surface area contributed by atoms with E-state index < -0.39 is 29.8 Å². The molecule has 2 aromatic carbocycles. The second-order valence-electron chi connectivity index (χ2n) is 8.60. The SMILES string of the molecule is Cn1c(=O)sc2cc(N3C=C(C(=O)O)CN(C4CCCc5c4cccc5C(F)(F)F)C3=O)ccc21. The Labute approximate surface area is 201 Å². The van der Waals surface area contributed by atoms with E-state index in [0.29, 0.717) is 34.3 Å². The molecule has 11 heteroatoms. The van der Waals surface area contributed by atoms with Gasteiger partial charge in [-0.15, -0.1) is 0 Å². The first-order chi connectivity index (χ1) is 16.6. The van der Waals surface area contributed by atoms with E-state index in [1.54, 1.807) is 31.3 Å². The number of hydrogen-bond donors (Lipinski definition) is 1. The third-order valence-electron chi connectivity index (χ3n) is 6.56. The highest BCUT2D eigenvalue weighted by molar-refractivity contribution is 7.16. The number of aliphatic carboxylic acids is 1. The van der Waals surface area contributed by atoms with Crippen LogP contribution >= 0.6 is 11.3 Å². The number of nitrogens with zero attached hydrogens (tertiary/aromatic N) is 3. The van der Waals surface area contributed by atoms with Crippen molar-refractivity contribution in [3.8, 4) is 0 Å². The average molecular weight is 504 g/mol. The number of carbonyl (C=O) groups excluding carboxylic acids is 1. The number of alkyl halides is 3. The van der Waals surface area contributed by atoms with Crippen LogP contribution in [0.2, 0.25) is 0 Å². The first-order valence-corrected chi connectivity index (χ1v) is 11.7. The topological polar surface area (TPSA) is 82.8 Å². The van der Waals surface area contributed by atoms with Crippen LogP contribution in [-0.2, 0) is 24.4 Å². The van der Waals surface area contributed by atoms with E-state index in [2.05, 4.69) is 0 Å². The molecule has 2 heterocycles. The van der Waals surface area contributed by atoms with Crippen LogP contribution < -0.4 is 9.77 Å². The molecule has 1 atom stereocenters. The Balaban J connectivity index is 1.59. The zero-order valence-electron chi connectivity index (χ0n) is 18.5. The molecule has 182 valence electrons. The number of aromatic nitrogens is 1. The van der Waals surface area contributed by atoms with E-state index in [1.165, 1.54) is 26.6 Å². The Morgan fingerprint density at radius 1 is 1.17 bits per heavy atom. The van der Waals surface area contributed by atoms with Crippen molar-refractivity contribution >= 4 is 39.2 Å². The molecule has 7 nitrogen and oxygen atoms in total. The van der Waals surface area contributed by atoms with Gasteiger partial charge in [0, 0.05) is 13.2 Å². The van der Waals surface area contributed by atoms with Crippen LogP contribution in [0.4, 0.5) is 23.7 Å². The van der Waals surface area contributed by atoms with Crippen LogP contribution in [0.5, 0.6) is 0 Å². The third kappa shape index (κ3) is 3.89. The molecule has 0 bridgehead atoms. The van der Waals surface area contributed by atoms with Gasteiger partial charge in [-0.05, 0) is 54.7 Å². The number of carboxylic acid groups (broad SMARTS) is 1. The van der Waals surface area contributed by atoms with Gasteiger partial charge in [-0.1, -0.05) is 23.5 Å². The van der Waals surface area contributed by atoms with Gasteiger partial charge in [-0.25, -0.2) is 9.59 Å². The molecule has 1 aliphatic heterocycles. The number of amides is 2. The van der Waals surface area contributed by atoms with Crippen LogP contribution in [0.1, 0.15) is 35.6 Å². The maximum Gasteiger partial charge on any atom is 0.416 e. The Kier molecular flexibility index (Phi) is 5.47. The lowest BCUT2D eigenvalue weighted by Gasteiger charge is -2.41. The molecule has 0 saturated heterocycles. The van der Waals surface area contributed by atoms with Gasteiger partial charge >= 0.3 is 23.0 Å². The number of rotatable bonds is 3. The third-order valence-corrected chi connectivity index (χ3v) is 7.56. The minimum absolute atomic E-state index is 0.0648. The van der Waals surface area contributed by atoms with E-state index in [4.69, 9.17) is 0 Å². The standard InChI is InChI=1S/C24H20F3N3O4S/c1-28-19-9-8-14(10-20(19)35-23(28)34)29-11-13(21(31)32)12-30(22(29)33)18-7-3-4-15-16(18)5-2-6-17(15)24(25,26)27/h2,5-6,8-11,18H,3-4,7,12H2,1H3,(H,31,32). The number of carbonyl (C=O) groups is 2. The number of anilines is 1. The summed E-state index contributed by atoms with van der Waals surface area (Å²) in [6.45, 7) is -0.230. The lowest BCUT2D eigenvalue weighted by Crippen LogP contribution is -2.49. The normalized spacial score (nSPS) is 18.6. The second kappa shape index (κ2) is 8.26. The average Bonchev–Trinajstić information content (AvgIpc) is 3.10. The predicted octanol–water partition coefficient (Wildman–Crippen LogP) is 4.91. The Morgan fingerprint density at radius 3 is 2.66 bits per heavy atom. The van der Waals surface area contributed by atoms with Crippen molar-refractivity contribution in [1.82, 2.24) is 9.47 Å². The molecule has 1 unspecified atom stereocenters. The van der Waals surface area contributed by atoms with E-state index in [-0.39, 0.29) is 29.0 Å². The molecule has 3 aromatic rings. The number of halogens is 3. The molecule has 0 spiro atoms. The van der Waals surface area contributed by atoms with Crippen molar-refractivity contribution < 1.29 is 27.9 Å². The summed E-state index contributed by atoms with van der Waals surface area (Å²) >= 11 is 1.00. The molecule has 35 heavy (non-hydrogen) atoms. The first kappa shape index (κ1) is 23.2. The fraction of sp³-hybridized carbons (Fsp3) is 0.292. The van der Waals surface area contributed by atoms with Gasteiger partial charge in [0.25, 0.3) is 0 Å². The minimum Gasteiger partial charge on any atom is -0.478 e. The number of benzene rings is 2. The number of fused-ring (bicyclic) bond motifs is 2. The van der Waals surface area contributed by atoms with Crippen molar-refractivity contribution in [3.63, 3.8) is 0 Å². The smallest absolute Gasteiger partial charge is 0.416 e. The fourth-order valence-electron chi connectivity index (χ4n) is 4.88. The summed E-state index contributed by atoms with van der Waals surface area (Å²) in [6, 6.07) is 7.63. The van der Waals surface area contributed by atoms with Gasteiger partial charge in [0.2, 0.25) is 0 Å². The van der Waals surface area contributed by atoms with Gasteiger partial charge in [-0.2, -0.15) is 13.2 Å². The van der Waals surface area contributed by atoms with Crippen LogP contribution in [0.25, 0.3) is 10.2 Å². The lowest BCUT2D eigenvalue weighted by atomic mass is 9.83. The quantitative estimate of drug-likeness (QED) is 0.551. The largest absolute Gasteiger partial charge is 0.478 e. The van der Waals surface area contributed by atoms with Crippen molar-refractivity contribution in [1.29, 1.82) is 0 Å². The summed E-state index contributed by atoms with van der Waals surface area (Å²) in [4.78, 5) is 39.9. The summed E-state index contributed by atoms with van der Waals surface area (Å²) in [7, 11) is 1.63. The highest BCUT2D eigenvalue weighted by Crippen LogP contribution is 2.42. The monoisotopic (exact) mass is 503 g/mol. The highest BCUT2D eigenvalue weighted by Gasteiger charge is 2.40. The summed E-state index contributed by atoms with van der Waals surface area (Å²) in [5.74, 6) is -1.22. The fourth-order valence-corrected chi connectivity index (χ4v) is 5.79. The van der Waals surface area contributed by atoms with Crippen LogP contribution in [0.15, 0.2) is 53.0 Å². The van der Waals surface area contributed by atoms with Crippen LogP contribution in [-0.4, -0.2) is 33.1 Å². The lowest BCUT2D eigenvalue weighted by molar-refractivity contribution is -0.138. The van der Waals surface area contributed by atoms with Gasteiger partial charge < -0.3 is 14.6 Å². The highest BCUT2D eigenvalue weighted by atomic mass is 32.1. The number of hydrogen-bond acceptors (Lipinski definition) is 4. The second-order valence-corrected chi connectivity index (χ2v) is 9.59.